The molecule has 0 aromatic carbocycles. The van der Waals surface area contributed by atoms with Crippen LogP contribution in [-0.2, 0) is 16.0 Å². The standard InChI is InChI=1S/C13H20N2O4/c1-9(2)15-12(17)11(16)14-8-13(3,18)7-10-5-4-6-19-10/h4-6,9,18H,7-8H2,1-3H3,(H,14,16)(H,15,17). The van der Waals surface area contributed by atoms with E-state index in [0.29, 0.717) is 5.76 Å². The molecule has 0 aliphatic carbocycles. The van der Waals surface area contributed by atoms with Crippen LogP contribution in [0.1, 0.15) is 26.5 Å². The van der Waals surface area contributed by atoms with Gasteiger partial charge in [-0.05, 0) is 32.9 Å². The van der Waals surface area contributed by atoms with Gasteiger partial charge in [-0.2, -0.15) is 0 Å². The van der Waals surface area contributed by atoms with Crippen LogP contribution in [0, 0.1) is 0 Å². The minimum absolute atomic E-state index is 0.0297. The van der Waals surface area contributed by atoms with Crippen LogP contribution in [-0.4, -0.2) is 35.1 Å². The number of carbonyl (C=O) groups excluding carboxylic acids is 2. The molecule has 1 aromatic rings. The van der Waals surface area contributed by atoms with Gasteiger partial charge in [0.15, 0.2) is 0 Å². The van der Waals surface area contributed by atoms with Crippen molar-refractivity contribution in [2.75, 3.05) is 6.54 Å². The highest BCUT2D eigenvalue weighted by Crippen LogP contribution is 2.12. The maximum atomic E-state index is 11.5. The van der Waals surface area contributed by atoms with Gasteiger partial charge in [0.05, 0.1) is 11.9 Å². The van der Waals surface area contributed by atoms with Crippen molar-refractivity contribution in [3.05, 3.63) is 24.2 Å². The topological polar surface area (TPSA) is 91.6 Å². The molecule has 0 aliphatic rings. The third-order valence-corrected chi connectivity index (χ3v) is 2.39. The maximum absolute atomic E-state index is 11.5. The van der Waals surface area contributed by atoms with Gasteiger partial charge in [-0.3, -0.25) is 9.59 Å². The number of nitrogens with one attached hydrogen (secondary N) is 2. The van der Waals surface area contributed by atoms with Gasteiger partial charge in [0.25, 0.3) is 0 Å². The molecular formula is C13H20N2O4. The van der Waals surface area contributed by atoms with Gasteiger partial charge >= 0.3 is 11.8 Å². The Labute approximate surface area is 112 Å². The third kappa shape index (κ3) is 5.56. The number of amides is 2. The molecule has 106 valence electrons. The lowest BCUT2D eigenvalue weighted by molar-refractivity contribution is -0.140. The second kappa shape index (κ2) is 6.38. The molecule has 0 radical (unpaired) electrons. The van der Waals surface area contributed by atoms with Gasteiger partial charge in [0.1, 0.15) is 5.76 Å². The molecule has 6 nitrogen and oxygen atoms in total. The molecule has 2 amide bonds. The predicted molar refractivity (Wildman–Crippen MR) is 69.3 cm³/mol. The highest BCUT2D eigenvalue weighted by molar-refractivity contribution is 6.35. The van der Waals surface area contributed by atoms with Crippen LogP contribution in [0.3, 0.4) is 0 Å². The molecule has 0 aliphatic heterocycles. The summed E-state index contributed by atoms with van der Waals surface area (Å²) >= 11 is 0. The summed E-state index contributed by atoms with van der Waals surface area (Å²) in [6.07, 6.45) is 1.77. The fraction of sp³-hybridized carbons (Fsp3) is 0.538. The second-order valence-electron chi connectivity index (χ2n) is 5.06. The summed E-state index contributed by atoms with van der Waals surface area (Å²) < 4.78 is 5.12. The van der Waals surface area contributed by atoms with E-state index in [4.69, 9.17) is 4.42 Å². The summed E-state index contributed by atoms with van der Waals surface area (Å²) in [7, 11) is 0. The van der Waals surface area contributed by atoms with E-state index in [-0.39, 0.29) is 19.0 Å². The summed E-state index contributed by atoms with van der Waals surface area (Å²) in [5, 5.41) is 15.0. The van der Waals surface area contributed by atoms with Crippen LogP contribution in [0.4, 0.5) is 0 Å². The molecule has 0 spiro atoms. The fourth-order valence-electron chi connectivity index (χ4n) is 1.53. The Balaban J connectivity index is 2.42. The average molecular weight is 268 g/mol. The minimum atomic E-state index is -1.17. The molecular weight excluding hydrogens is 248 g/mol. The summed E-state index contributed by atoms with van der Waals surface area (Å²) in [6, 6.07) is 3.35. The van der Waals surface area contributed by atoms with E-state index in [2.05, 4.69) is 10.6 Å². The van der Waals surface area contributed by atoms with E-state index in [0.717, 1.165) is 0 Å². The lowest BCUT2D eigenvalue weighted by atomic mass is 10.0. The SMILES string of the molecule is CC(C)NC(=O)C(=O)NCC(C)(O)Cc1ccco1. The Morgan fingerprint density at radius 1 is 1.42 bits per heavy atom. The molecule has 1 atom stereocenters. The van der Waals surface area contributed by atoms with Gasteiger partial charge in [-0.1, -0.05) is 0 Å². The monoisotopic (exact) mass is 268 g/mol. The summed E-state index contributed by atoms with van der Waals surface area (Å²) in [6.45, 7) is 5.06. The van der Waals surface area contributed by atoms with Crippen molar-refractivity contribution >= 4 is 11.8 Å². The van der Waals surface area contributed by atoms with Crippen molar-refractivity contribution in [3.63, 3.8) is 0 Å². The van der Waals surface area contributed by atoms with E-state index < -0.39 is 17.4 Å². The first-order valence-electron chi connectivity index (χ1n) is 6.13. The fourth-order valence-corrected chi connectivity index (χ4v) is 1.53. The zero-order valence-corrected chi connectivity index (χ0v) is 11.4. The van der Waals surface area contributed by atoms with Gasteiger partial charge in [-0.25, -0.2) is 0 Å². The number of carbonyl (C=O) groups is 2. The lowest BCUT2D eigenvalue weighted by Crippen LogP contribution is -2.48. The van der Waals surface area contributed by atoms with Crippen LogP contribution in [0.2, 0.25) is 0 Å². The molecule has 3 N–H and O–H groups in total. The van der Waals surface area contributed by atoms with Crippen molar-refractivity contribution in [3.8, 4) is 0 Å². The van der Waals surface area contributed by atoms with Crippen molar-refractivity contribution < 1.29 is 19.1 Å². The first-order chi connectivity index (χ1) is 8.80. The predicted octanol–water partition coefficient (Wildman–Crippen LogP) is 0.214. The molecule has 0 saturated heterocycles. The Hall–Kier alpha value is -1.82. The number of rotatable bonds is 5. The van der Waals surface area contributed by atoms with Crippen molar-refractivity contribution in [2.45, 2.75) is 38.8 Å². The van der Waals surface area contributed by atoms with Crippen molar-refractivity contribution in [1.29, 1.82) is 0 Å². The molecule has 1 heterocycles. The van der Waals surface area contributed by atoms with Crippen LogP contribution < -0.4 is 10.6 Å². The highest BCUT2D eigenvalue weighted by atomic mass is 16.3. The molecule has 1 aromatic heterocycles. The Bertz CT molecular complexity index is 424. The zero-order chi connectivity index (χ0) is 14.5. The quantitative estimate of drug-likeness (QED) is 0.666. The second-order valence-corrected chi connectivity index (χ2v) is 5.06. The first kappa shape index (κ1) is 15.2. The highest BCUT2D eigenvalue weighted by Gasteiger charge is 2.25. The van der Waals surface area contributed by atoms with Crippen LogP contribution >= 0.6 is 0 Å². The van der Waals surface area contributed by atoms with Gasteiger partial charge in [-0.15, -0.1) is 0 Å². The number of hydrogen-bond donors (Lipinski definition) is 3. The maximum Gasteiger partial charge on any atom is 0.309 e. The zero-order valence-electron chi connectivity index (χ0n) is 11.4. The van der Waals surface area contributed by atoms with Crippen LogP contribution in [0.25, 0.3) is 0 Å². The molecule has 0 bridgehead atoms. The minimum Gasteiger partial charge on any atom is -0.469 e. The molecule has 1 rings (SSSR count). The van der Waals surface area contributed by atoms with Gasteiger partial charge < -0.3 is 20.2 Å². The Kier molecular flexibility index (Phi) is 5.11. The average Bonchev–Trinajstić information content (AvgIpc) is 2.77. The smallest absolute Gasteiger partial charge is 0.309 e. The van der Waals surface area contributed by atoms with E-state index in [9.17, 15) is 14.7 Å². The van der Waals surface area contributed by atoms with E-state index >= 15 is 0 Å². The Morgan fingerprint density at radius 3 is 2.63 bits per heavy atom. The van der Waals surface area contributed by atoms with E-state index in [1.165, 1.54) is 6.26 Å². The van der Waals surface area contributed by atoms with E-state index in [1.807, 2.05) is 0 Å². The molecule has 6 heteroatoms. The van der Waals surface area contributed by atoms with Crippen LogP contribution in [0.15, 0.2) is 22.8 Å². The summed E-state index contributed by atoms with van der Waals surface area (Å²) in [5.74, 6) is -0.844. The summed E-state index contributed by atoms with van der Waals surface area (Å²) in [5.41, 5.74) is -1.17. The van der Waals surface area contributed by atoms with E-state index in [1.54, 1.807) is 32.9 Å². The number of aliphatic hydroxyl groups is 1. The van der Waals surface area contributed by atoms with Crippen LogP contribution in [0.5, 0.6) is 0 Å². The first-order valence-corrected chi connectivity index (χ1v) is 6.13. The Morgan fingerprint density at radius 2 is 2.11 bits per heavy atom. The van der Waals surface area contributed by atoms with Crippen molar-refractivity contribution in [1.82, 2.24) is 10.6 Å². The molecule has 0 fully saturated rings. The number of furan rings is 1. The van der Waals surface area contributed by atoms with Crippen molar-refractivity contribution in [2.24, 2.45) is 0 Å². The largest absolute Gasteiger partial charge is 0.469 e. The van der Waals surface area contributed by atoms with Gasteiger partial charge in [0, 0.05) is 19.0 Å². The summed E-state index contributed by atoms with van der Waals surface area (Å²) in [4.78, 5) is 22.8. The number of hydrogen-bond acceptors (Lipinski definition) is 4. The normalized spacial score (nSPS) is 13.9. The van der Waals surface area contributed by atoms with Gasteiger partial charge in [0.2, 0.25) is 0 Å². The molecule has 19 heavy (non-hydrogen) atoms. The molecule has 0 saturated carbocycles. The lowest BCUT2D eigenvalue weighted by Gasteiger charge is -2.22. The third-order valence-electron chi connectivity index (χ3n) is 2.39. The molecule has 1 unspecified atom stereocenters.